The second kappa shape index (κ2) is 29.2. The maximum absolute atomic E-state index is 11.1. The minimum absolute atomic E-state index is 0.121. The number of allylic oxidation sites excluding steroid dienone is 8. The van der Waals surface area contributed by atoms with Crippen LogP contribution in [0.3, 0.4) is 0 Å². The van der Waals surface area contributed by atoms with Gasteiger partial charge >= 0.3 is 0 Å². The smallest absolute Gasteiger partial charge is 0.180 e. The first-order chi connectivity index (χ1) is 20.7. The molecule has 0 radical (unpaired) electrons. The van der Waals surface area contributed by atoms with E-state index in [1.54, 1.807) is 27.7 Å². The average molecular weight is 705 g/mol. The van der Waals surface area contributed by atoms with E-state index in [2.05, 4.69) is 13.8 Å². The Kier molecular flexibility index (Phi) is 32.9. The highest BCUT2D eigenvalue weighted by atomic mass is 32.2. The highest BCUT2D eigenvalue weighted by molar-refractivity contribution is 8.03. The van der Waals surface area contributed by atoms with Gasteiger partial charge in [-0.3, -0.25) is 0 Å². The van der Waals surface area contributed by atoms with Crippen molar-refractivity contribution in [3.63, 3.8) is 0 Å². The van der Waals surface area contributed by atoms with Gasteiger partial charge in [0, 0.05) is 21.3 Å². The molecule has 0 aliphatic carbocycles. The van der Waals surface area contributed by atoms with Gasteiger partial charge < -0.3 is 18.9 Å². The van der Waals surface area contributed by atoms with Gasteiger partial charge in [0.25, 0.3) is 0 Å². The minimum atomic E-state index is -2.96. The van der Waals surface area contributed by atoms with Crippen LogP contribution in [0.15, 0.2) is 42.7 Å². The lowest BCUT2D eigenvalue weighted by Gasteiger charge is -2.15. The fraction of sp³-hybridized carbons (Fsp3) is 0.750. The van der Waals surface area contributed by atoms with Crippen LogP contribution in [0.4, 0.5) is 0 Å². The molecule has 4 aliphatic heterocycles. The summed E-state index contributed by atoms with van der Waals surface area (Å²) in [5.41, 5.74) is 0. The molecule has 264 valence electrons. The summed E-state index contributed by atoms with van der Waals surface area (Å²) in [5.74, 6) is 5.73. The maximum atomic E-state index is 11.1. The molecule has 0 saturated heterocycles. The van der Waals surface area contributed by atoms with E-state index < -0.39 is 19.7 Å². The second-order valence-corrected chi connectivity index (χ2v) is 15.3. The van der Waals surface area contributed by atoms with Crippen molar-refractivity contribution in [3.05, 3.63) is 42.7 Å². The second-order valence-electron chi connectivity index (χ2n) is 8.18. The molecule has 0 spiro atoms. The van der Waals surface area contributed by atoms with E-state index in [-0.39, 0.29) is 11.5 Å². The lowest BCUT2D eigenvalue weighted by Crippen LogP contribution is -2.19. The molecule has 0 aromatic rings. The zero-order chi connectivity index (χ0) is 35.5. The van der Waals surface area contributed by atoms with Gasteiger partial charge in [-0.25, -0.2) is 16.8 Å². The Morgan fingerprint density at radius 2 is 0.682 bits per heavy atom. The number of thioether (sulfide) groups is 2. The molecule has 4 heterocycles. The van der Waals surface area contributed by atoms with E-state index in [1.165, 1.54) is 9.81 Å². The van der Waals surface area contributed by atoms with Crippen molar-refractivity contribution in [1.82, 2.24) is 0 Å². The number of hydrogen-bond donors (Lipinski definition) is 0. The van der Waals surface area contributed by atoms with Crippen molar-refractivity contribution in [2.24, 2.45) is 0 Å². The van der Waals surface area contributed by atoms with Crippen LogP contribution in [0.2, 0.25) is 0 Å². The normalized spacial score (nSPS) is 19.1. The molecule has 4 rings (SSSR count). The first kappa shape index (κ1) is 49.6. The summed E-state index contributed by atoms with van der Waals surface area (Å²) in [6, 6.07) is 0. The molecule has 0 N–H and O–H groups in total. The van der Waals surface area contributed by atoms with E-state index >= 15 is 0 Å². The Morgan fingerprint density at radius 1 is 0.432 bits per heavy atom. The molecule has 0 unspecified atom stereocenters. The molecule has 4 aliphatic rings. The fourth-order valence-electron chi connectivity index (χ4n) is 2.74. The molecule has 8 nitrogen and oxygen atoms in total. The molecule has 0 amide bonds. The van der Waals surface area contributed by atoms with Gasteiger partial charge in [0.05, 0.1) is 34.5 Å². The summed E-state index contributed by atoms with van der Waals surface area (Å²) >= 11 is 3.76. The first-order valence-electron chi connectivity index (χ1n) is 15.6. The van der Waals surface area contributed by atoms with Crippen LogP contribution in [0.5, 0.6) is 0 Å². The summed E-state index contributed by atoms with van der Waals surface area (Å²) in [6.45, 7) is 33.1. The SMILES string of the molecule is CC.CC.CC.CC.CC1=C(C)S(=O)(=O)CCO1.CC1=C(C)S(=O)(=O)CCO1.CC1=C(C)SCCO1.CC1=C(C)SCCO1. The van der Waals surface area contributed by atoms with Crippen LogP contribution in [0.1, 0.15) is 111 Å². The van der Waals surface area contributed by atoms with Crippen molar-refractivity contribution < 1.29 is 35.8 Å². The molecular formula is C32H64O8S4. The Hall–Kier alpha value is -1.24. The van der Waals surface area contributed by atoms with Gasteiger partial charge in [0.15, 0.2) is 19.7 Å². The van der Waals surface area contributed by atoms with Crippen molar-refractivity contribution >= 4 is 43.2 Å². The van der Waals surface area contributed by atoms with Gasteiger partial charge in [0.1, 0.15) is 36.3 Å². The highest BCUT2D eigenvalue weighted by Crippen LogP contribution is 2.24. The fourth-order valence-corrected chi connectivity index (χ4v) is 6.42. The topological polar surface area (TPSA) is 105 Å². The van der Waals surface area contributed by atoms with E-state index in [4.69, 9.17) is 18.9 Å². The molecule has 44 heavy (non-hydrogen) atoms. The highest BCUT2D eigenvalue weighted by Gasteiger charge is 2.22. The third-order valence-electron chi connectivity index (χ3n) is 5.70. The lowest BCUT2D eigenvalue weighted by atomic mass is 10.5. The molecule has 0 bridgehead atoms. The van der Waals surface area contributed by atoms with Crippen LogP contribution in [-0.4, -0.2) is 66.3 Å². The van der Waals surface area contributed by atoms with Crippen LogP contribution in [0.25, 0.3) is 0 Å². The van der Waals surface area contributed by atoms with Crippen LogP contribution in [0, 0.1) is 0 Å². The summed E-state index contributed by atoms with van der Waals surface area (Å²) in [4.78, 5) is 3.41. The van der Waals surface area contributed by atoms with Crippen LogP contribution >= 0.6 is 23.5 Å². The quantitative estimate of drug-likeness (QED) is 0.242. The standard InChI is InChI=1S/2C6H10O3S.2C6H10OS.4C2H6/c2*1-5-6(2)10(7,8)4-3-9-5;2*1-5-6(2)8-4-3-7-5;4*1-2/h2*3-4H2,1-2H3;2*3-4H2,1-2H3;4*1-2H3. The maximum Gasteiger partial charge on any atom is 0.180 e. The molecule has 12 heteroatoms. The number of rotatable bonds is 0. The third-order valence-corrected chi connectivity index (χ3v) is 11.7. The molecule has 0 saturated carbocycles. The van der Waals surface area contributed by atoms with E-state index in [9.17, 15) is 16.8 Å². The monoisotopic (exact) mass is 704 g/mol. The predicted molar refractivity (Wildman–Crippen MR) is 195 cm³/mol. The van der Waals surface area contributed by atoms with Crippen molar-refractivity contribution in [1.29, 1.82) is 0 Å². The summed E-state index contributed by atoms with van der Waals surface area (Å²) in [5, 5.41) is 0. The molecule has 0 aromatic carbocycles. The zero-order valence-corrected chi connectivity index (χ0v) is 33.8. The van der Waals surface area contributed by atoms with Gasteiger partial charge in [-0.05, 0) is 55.4 Å². The molecule has 0 aromatic heterocycles. The summed E-state index contributed by atoms with van der Waals surface area (Å²) in [7, 11) is -5.91. The zero-order valence-electron chi connectivity index (χ0n) is 30.6. The van der Waals surface area contributed by atoms with Gasteiger partial charge in [-0.1, -0.05) is 55.4 Å². The van der Waals surface area contributed by atoms with Gasteiger partial charge in [-0.15, -0.1) is 23.5 Å². The Balaban J connectivity index is -0.000000226. The third kappa shape index (κ3) is 21.5. The van der Waals surface area contributed by atoms with Crippen molar-refractivity contribution in [2.45, 2.75) is 111 Å². The Labute approximate surface area is 280 Å². The van der Waals surface area contributed by atoms with E-state index in [1.807, 2.05) is 92.8 Å². The molecule has 0 atom stereocenters. The van der Waals surface area contributed by atoms with Crippen molar-refractivity contribution in [3.8, 4) is 0 Å². The summed E-state index contributed by atoms with van der Waals surface area (Å²) < 4.78 is 64.8. The number of ether oxygens (including phenoxy) is 4. The van der Waals surface area contributed by atoms with Crippen LogP contribution < -0.4 is 0 Å². The largest absolute Gasteiger partial charge is 0.497 e. The van der Waals surface area contributed by atoms with E-state index in [0.717, 1.165) is 36.2 Å². The van der Waals surface area contributed by atoms with Crippen LogP contribution in [-0.2, 0) is 38.6 Å². The molecular weight excluding hydrogens is 641 g/mol. The predicted octanol–water partition coefficient (Wildman–Crippen LogP) is 9.47. The lowest BCUT2D eigenvalue weighted by molar-refractivity contribution is 0.225. The van der Waals surface area contributed by atoms with Gasteiger partial charge in [0.2, 0.25) is 0 Å². The number of sulfone groups is 2. The summed E-state index contributed by atoms with van der Waals surface area (Å²) in [6.07, 6.45) is 0. The Morgan fingerprint density at radius 3 is 0.841 bits per heavy atom. The first-order valence-corrected chi connectivity index (χ1v) is 20.9. The van der Waals surface area contributed by atoms with Gasteiger partial charge in [-0.2, -0.15) is 0 Å². The minimum Gasteiger partial charge on any atom is -0.497 e. The number of hydrogen-bond acceptors (Lipinski definition) is 10. The van der Waals surface area contributed by atoms with Crippen molar-refractivity contribution in [2.75, 3.05) is 49.4 Å². The average Bonchev–Trinajstić information content (AvgIpc) is 3.03. The van der Waals surface area contributed by atoms with E-state index in [0.29, 0.717) is 34.5 Å². The molecule has 0 fully saturated rings. The Bertz CT molecular complexity index is 985.